The number of aryl methyl sites for hydroxylation is 4. The first-order valence-corrected chi connectivity index (χ1v) is 20.2. The Morgan fingerprint density at radius 2 is 1.47 bits per heavy atom. The van der Waals surface area contributed by atoms with Gasteiger partial charge in [-0.15, -0.1) is 0 Å². The fraction of sp³-hybridized carbons (Fsp3) is 0.487. The SMILES string of the molecule is CCCCc1nc(C)n(-c2ncc(OCc3ccccc3)cn2)c(=O)c1Cc1cc(CCC)c(O[Si](C)(C)C(C)(C)C)c(CCC)c1. The molecule has 4 rings (SSSR count). The molecule has 0 fully saturated rings. The van der Waals surface area contributed by atoms with Gasteiger partial charge in [0.15, 0.2) is 5.75 Å². The molecule has 0 atom stereocenters. The first-order chi connectivity index (χ1) is 22.4. The van der Waals surface area contributed by atoms with E-state index in [4.69, 9.17) is 14.1 Å². The standard InChI is InChI=1S/C39H54N4O3Si/c1-10-13-21-35-34(24-30-22-31(17-11-2)36(32(23-30)18-12-3)46-47(8,9)39(5,6)7)37(44)43(28(4)42-35)38-40-25-33(26-41-38)45-27-29-19-15-14-16-20-29/h14-16,19-20,22-23,25-26H,10-13,17-18,21,24,27H2,1-9H3. The molecule has 0 saturated carbocycles. The van der Waals surface area contributed by atoms with E-state index in [1.807, 2.05) is 37.3 Å². The van der Waals surface area contributed by atoms with Crippen molar-refractivity contribution in [2.24, 2.45) is 0 Å². The molecule has 47 heavy (non-hydrogen) atoms. The van der Waals surface area contributed by atoms with Crippen LogP contribution in [0.3, 0.4) is 0 Å². The van der Waals surface area contributed by atoms with E-state index in [-0.39, 0.29) is 10.6 Å². The average molecular weight is 655 g/mol. The van der Waals surface area contributed by atoms with Gasteiger partial charge in [-0.2, -0.15) is 0 Å². The molecule has 0 amide bonds. The number of nitrogens with zero attached hydrogens (tertiary/aromatic N) is 4. The van der Waals surface area contributed by atoms with E-state index >= 15 is 0 Å². The third-order valence-electron chi connectivity index (χ3n) is 9.15. The van der Waals surface area contributed by atoms with E-state index in [0.29, 0.717) is 36.1 Å². The minimum absolute atomic E-state index is 0.0970. The van der Waals surface area contributed by atoms with Crippen molar-refractivity contribution in [3.63, 3.8) is 0 Å². The van der Waals surface area contributed by atoms with Gasteiger partial charge >= 0.3 is 0 Å². The summed E-state index contributed by atoms with van der Waals surface area (Å²) >= 11 is 0. The molecule has 0 aliphatic carbocycles. The molecule has 7 nitrogen and oxygen atoms in total. The predicted molar refractivity (Wildman–Crippen MR) is 195 cm³/mol. The van der Waals surface area contributed by atoms with Crippen molar-refractivity contribution in [1.29, 1.82) is 0 Å². The maximum absolute atomic E-state index is 14.4. The lowest BCUT2D eigenvalue weighted by molar-refractivity contribution is 0.303. The molecule has 0 saturated heterocycles. The number of rotatable bonds is 15. The largest absolute Gasteiger partial charge is 0.543 e. The van der Waals surface area contributed by atoms with Gasteiger partial charge in [0.05, 0.1) is 18.1 Å². The number of hydrogen-bond acceptors (Lipinski definition) is 6. The molecule has 0 spiro atoms. The summed E-state index contributed by atoms with van der Waals surface area (Å²) < 4.78 is 14.5. The highest BCUT2D eigenvalue weighted by Crippen LogP contribution is 2.40. The van der Waals surface area contributed by atoms with E-state index < -0.39 is 8.32 Å². The summed E-state index contributed by atoms with van der Waals surface area (Å²) in [5.41, 5.74) is 6.12. The first-order valence-electron chi connectivity index (χ1n) is 17.3. The molecule has 2 aromatic carbocycles. The zero-order valence-corrected chi connectivity index (χ0v) is 31.1. The molecular weight excluding hydrogens is 601 g/mol. The second kappa shape index (κ2) is 15.9. The van der Waals surface area contributed by atoms with Crippen LogP contribution in [-0.4, -0.2) is 27.8 Å². The Hall–Kier alpha value is -3.78. The summed E-state index contributed by atoms with van der Waals surface area (Å²) in [5.74, 6) is 2.49. The fourth-order valence-corrected chi connectivity index (χ4v) is 6.58. The lowest BCUT2D eigenvalue weighted by atomic mass is 9.94. The summed E-state index contributed by atoms with van der Waals surface area (Å²) in [6.07, 6.45) is 10.4. The van der Waals surface area contributed by atoms with Gasteiger partial charge in [-0.05, 0) is 73.0 Å². The number of benzene rings is 2. The van der Waals surface area contributed by atoms with E-state index in [0.717, 1.165) is 67.5 Å². The summed E-state index contributed by atoms with van der Waals surface area (Å²) in [4.78, 5) is 28.4. The first kappa shape index (κ1) is 36.1. The maximum Gasteiger partial charge on any atom is 0.264 e. The molecule has 0 N–H and O–H groups in total. The van der Waals surface area contributed by atoms with Crippen molar-refractivity contribution in [1.82, 2.24) is 19.5 Å². The Labute approximate surface area is 283 Å². The van der Waals surface area contributed by atoms with Crippen LogP contribution in [-0.2, 0) is 32.3 Å². The van der Waals surface area contributed by atoms with Crippen LogP contribution in [0.2, 0.25) is 18.1 Å². The third-order valence-corrected chi connectivity index (χ3v) is 13.5. The summed E-state index contributed by atoms with van der Waals surface area (Å²) in [6, 6.07) is 14.5. The Morgan fingerprint density at radius 1 is 0.851 bits per heavy atom. The molecule has 0 radical (unpaired) electrons. The summed E-state index contributed by atoms with van der Waals surface area (Å²) in [5, 5.41) is 0.0970. The maximum atomic E-state index is 14.4. The molecule has 8 heteroatoms. The van der Waals surface area contributed by atoms with Crippen molar-refractivity contribution in [2.45, 2.75) is 125 Å². The second-order valence-corrected chi connectivity index (χ2v) is 18.8. The lowest BCUT2D eigenvalue weighted by Gasteiger charge is -2.38. The number of unbranched alkanes of at least 4 members (excludes halogenated alkanes) is 1. The van der Waals surface area contributed by atoms with E-state index in [9.17, 15) is 4.79 Å². The zero-order valence-electron chi connectivity index (χ0n) is 30.1. The third kappa shape index (κ3) is 8.98. The summed E-state index contributed by atoms with van der Waals surface area (Å²) in [6.45, 7) is 20.4. The van der Waals surface area contributed by atoms with Crippen molar-refractivity contribution in [3.05, 3.63) is 105 Å². The summed E-state index contributed by atoms with van der Waals surface area (Å²) in [7, 11) is -2.06. The lowest BCUT2D eigenvalue weighted by Crippen LogP contribution is -2.44. The van der Waals surface area contributed by atoms with Crippen molar-refractivity contribution in [2.75, 3.05) is 0 Å². The molecule has 252 valence electrons. The quantitative estimate of drug-likeness (QED) is 0.119. The molecule has 4 aromatic rings. The van der Waals surface area contributed by atoms with Crippen LogP contribution >= 0.6 is 0 Å². The predicted octanol–water partition coefficient (Wildman–Crippen LogP) is 9.13. The van der Waals surface area contributed by atoms with E-state index in [2.05, 4.69) is 76.7 Å². The molecule has 0 aliphatic rings. The van der Waals surface area contributed by atoms with Crippen LogP contribution < -0.4 is 14.7 Å². The zero-order chi connectivity index (χ0) is 34.2. The number of hydrogen-bond donors (Lipinski definition) is 0. The van der Waals surface area contributed by atoms with Gasteiger partial charge in [-0.1, -0.05) is 103 Å². The van der Waals surface area contributed by atoms with Gasteiger partial charge in [0.1, 0.15) is 18.2 Å². The minimum atomic E-state index is -2.06. The molecule has 0 bridgehead atoms. The Morgan fingerprint density at radius 3 is 2.02 bits per heavy atom. The smallest absolute Gasteiger partial charge is 0.264 e. The molecule has 2 aromatic heterocycles. The number of aromatic nitrogens is 4. The van der Waals surface area contributed by atoms with E-state index in [1.54, 1.807) is 17.0 Å². The van der Waals surface area contributed by atoms with Crippen LogP contribution in [0.25, 0.3) is 5.95 Å². The van der Waals surface area contributed by atoms with Crippen LogP contribution in [0.4, 0.5) is 0 Å². The van der Waals surface area contributed by atoms with Gasteiger partial charge in [0.25, 0.3) is 13.9 Å². The molecular formula is C39H54N4O3Si. The molecule has 0 unspecified atom stereocenters. The van der Waals surface area contributed by atoms with Crippen molar-refractivity contribution in [3.8, 4) is 17.4 Å². The fourth-order valence-electron chi connectivity index (χ4n) is 5.50. The minimum Gasteiger partial charge on any atom is -0.543 e. The van der Waals surface area contributed by atoms with Gasteiger partial charge in [-0.3, -0.25) is 4.79 Å². The van der Waals surface area contributed by atoms with Crippen molar-refractivity contribution >= 4 is 8.32 Å². The highest BCUT2D eigenvalue weighted by atomic mass is 28.4. The Balaban J connectivity index is 1.74. The molecule has 0 aliphatic heterocycles. The number of ether oxygens (including phenoxy) is 1. The Kier molecular flexibility index (Phi) is 12.2. The average Bonchev–Trinajstić information content (AvgIpc) is 3.03. The van der Waals surface area contributed by atoms with Gasteiger partial charge < -0.3 is 9.16 Å². The van der Waals surface area contributed by atoms with Crippen LogP contribution in [0.15, 0.2) is 59.7 Å². The Bertz CT molecular complexity index is 1650. The van der Waals surface area contributed by atoms with Crippen molar-refractivity contribution < 1.29 is 9.16 Å². The highest BCUT2D eigenvalue weighted by Gasteiger charge is 2.40. The monoisotopic (exact) mass is 654 g/mol. The van der Waals surface area contributed by atoms with Crippen LogP contribution in [0.5, 0.6) is 11.5 Å². The second-order valence-electron chi connectivity index (χ2n) is 14.1. The normalized spacial score (nSPS) is 11.9. The van der Waals surface area contributed by atoms with Crippen LogP contribution in [0.1, 0.15) is 107 Å². The van der Waals surface area contributed by atoms with E-state index in [1.165, 1.54) is 11.1 Å². The van der Waals surface area contributed by atoms with Crippen LogP contribution in [0, 0.1) is 6.92 Å². The topological polar surface area (TPSA) is 79.1 Å². The highest BCUT2D eigenvalue weighted by molar-refractivity contribution is 6.74. The van der Waals surface area contributed by atoms with Gasteiger partial charge in [-0.25, -0.2) is 19.5 Å². The van der Waals surface area contributed by atoms with Gasteiger partial charge in [0, 0.05) is 12.0 Å². The molecule has 2 heterocycles. The van der Waals surface area contributed by atoms with Gasteiger partial charge in [0.2, 0.25) is 5.95 Å².